The SMILES string of the molecule is O=C(O)C1CN([C@@H]2C=CC=CC2)C1. The lowest BCUT2D eigenvalue weighted by atomic mass is 9.95. The number of rotatable bonds is 2. The number of hydrogen-bond acceptors (Lipinski definition) is 2. The van der Waals surface area contributed by atoms with Crippen molar-refractivity contribution in [2.45, 2.75) is 12.5 Å². The summed E-state index contributed by atoms with van der Waals surface area (Å²) in [6.07, 6.45) is 9.34. The molecule has 0 radical (unpaired) electrons. The van der Waals surface area contributed by atoms with Gasteiger partial charge in [0, 0.05) is 19.1 Å². The fourth-order valence-electron chi connectivity index (χ4n) is 1.78. The predicted molar refractivity (Wildman–Crippen MR) is 49.4 cm³/mol. The zero-order chi connectivity index (χ0) is 9.26. The highest BCUT2D eigenvalue weighted by Crippen LogP contribution is 2.22. The molecule has 1 heterocycles. The van der Waals surface area contributed by atoms with Gasteiger partial charge in [0.05, 0.1) is 5.92 Å². The van der Waals surface area contributed by atoms with Crippen molar-refractivity contribution in [2.75, 3.05) is 13.1 Å². The molecule has 1 aliphatic heterocycles. The van der Waals surface area contributed by atoms with Gasteiger partial charge in [0.1, 0.15) is 0 Å². The van der Waals surface area contributed by atoms with Crippen LogP contribution in [0.15, 0.2) is 24.3 Å². The van der Waals surface area contributed by atoms with E-state index in [-0.39, 0.29) is 5.92 Å². The summed E-state index contributed by atoms with van der Waals surface area (Å²) < 4.78 is 0. The van der Waals surface area contributed by atoms with Crippen LogP contribution in [-0.4, -0.2) is 35.1 Å². The molecule has 13 heavy (non-hydrogen) atoms. The van der Waals surface area contributed by atoms with Crippen LogP contribution in [0.2, 0.25) is 0 Å². The van der Waals surface area contributed by atoms with Crippen LogP contribution in [0.25, 0.3) is 0 Å². The Kier molecular flexibility index (Phi) is 2.19. The number of likely N-dealkylation sites (tertiary alicyclic amines) is 1. The van der Waals surface area contributed by atoms with Gasteiger partial charge in [-0.05, 0) is 6.42 Å². The van der Waals surface area contributed by atoms with Crippen molar-refractivity contribution in [1.82, 2.24) is 4.90 Å². The molecule has 0 aromatic heterocycles. The normalized spacial score (nSPS) is 28.8. The third kappa shape index (κ3) is 1.65. The van der Waals surface area contributed by atoms with E-state index in [0.717, 1.165) is 6.42 Å². The third-order valence-electron chi connectivity index (χ3n) is 2.69. The number of nitrogens with zero attached hydrogens (tertiary/aromatic N) is 1. The second-order valence-corrected chi connectivity index (χ2v) is 3.61. The lowest BCUT2D eigenvalue weighted by molar-refractivity contribution is -0.148. The van der Waals surface area contributed by atoms with Gasteiger partial charge in [-0.3, -0.25) is 9.69 Å². The Morgan fingerprint density at radius 3 is 2.69 bits per heavy atom. The molecule has 1 saturated heterocycles. The average molecular weight is 179 g/mol. The van der Waals surface area contributed by atoms with Crippen molar-refractivity contribution in [2.24, 2.45) is 5.92 Å². The maximum atomic E-state index is 10.6. The van der Waals surface area contributed by atoms with E-state index in [1.807, 2.05) is 12.2 Å². The minimum Gasteiger partial charge on any atom is -0.481 e. The molecule has 2 aliphatic rings. The van der Waals surface area contributed by atoms with Crippen LogP contribution >= 0.6 is 0 Å². The van der Waals surface area contributed by atoms with Crippen LogP contribution in [0.4, 0.5) is 0 Å². The van der Waals surface area contributed by atoms with Crippen molar-refractivity contribution in [1.29, 1.82) is 0 Å². The van der Waals surface area contributed by atoms with Gasteiger partial charge in [-0.25, -0.2) is 0 Å². The summed E-state index contributed by atoms with van der Waals surface area (Å²) in [6, 6.07) is 0.431. The summed E-state index contributed by atoms with van der Waals surface area (Å²) in [4.78, 5) is 12.8. The molecule has 2 rings (SSSR count). The standard InChI is InChI=1S/C10H13NO2/c12-10(13)8-6-11(7-8)9-4-2-1-3-5-9/h1-4,8-9H,5-7H2,(H,12,13)/t9-/m1/s1. The van der Waals surface area contributed by atoms with E-state index in [4.69, 9.17) is 5.11 Å². The van der Waals surface area contributed by atoms with Crippen LogP contribution in [0.5, 0.6) is 0 Å². The van der Waals surface area contributed by atoms with E-state index in [1.165, 1.54) is 0 Å². The highest BCUT2D eigenvalue weighted by molar-refractivity contribution is 5.71. The quantitative estimate of drug-likeness (QED) is 0.684. The molecule has 3 nitrogen and oxygen atoms in total. The molecule has 70 valence electrons. The van der Waals surface area contributed by atoms with Crippen molar-refractivity contribution in [3.8, 4) is 0 Å². The van der Waals surface area contributed by atoms with Crippen LogP contribution in [0, 0.1) is 5.92 Å². The molecule has 0 aromatic carbocycles. The Hall–Kier alpha value is -1.09. The summed E-state index contributed by atoms with van der Waals surface area (Å²) >= 11 is 0. The molecular weight excluding hydrogens is 166 g/mol. The van der Waals surface area contributed by atoms with Gasteiger partial charge in [-0.1, -0.05) is 24.3 Å². The first kappa shape index (κ1) is 8.51. The van der Waals surface area contributed by atoms with Gasteiger partial charge in [0.2, 0.25) is 0 Å². The lowest BCUT2D eigenvalue weighted by Gasteiger charge is -2.41. The first-order chi connectivity index (χ1) is 6.27. The Morgan fingerprint density at radius 2 is 2.15 bits per heavy atom. The summed E-state index contributed by atoms with van der Waals surface area (Å²) in [5.74, 6) is -0.800. The Labute approximate surface area is 77.3 Å². The van der Waals surface area contributed by atoms with Crippen LogP contribution in [0.3, 0.4) is 0 Å². The van der Waals surface area contributed by atoms with E-state index in [0.29, 0.717) is 19.1 Å². The summed E-state index contributed by atoms with van der Waals surface area (Å²) in [6.45, 7) is 1.41. The minimum absolute atomic E-state index is 0.140. The predicted octanol–water partition coefficient (Wildman–Crippen LogP) is 0.887. The van der Waals surface area contributed by atoms with Crippen molar-refractivity contribution < 1.29 is 9.90 Å². The Balaban J connectivity index is 1.83. The second kappa shape index (κ2) is 3.34. The van der Waals surface area contributed by atoms with E-state index < -0.39 is 5.97 Å². The molecule has 1 N–H and O–H groups in total. The minimum atomic E-state index is -0.661. The summed E-state index contributed by atoms with van der Waals surface area (Å²) in [5.41, 5.74) is 0. The summed E-state index contributed by atoms with van der Waals surface area (Å²) in [5, 5.41) is 8.69. The molecule has 0 saturated carbocycles. The molecular formula is C10H13NO2. The molecule has 1 fully saturated rings. The Bertz CT molecular complexity index is 264. The highest BCUT2D eigenvalue weighted by Gasteiger charge is 2.35. The number of carboxylic acids is 1. The fourth-order valence-corrected chi connectivity index (χ4v) is 1.78. The first-order valence-electron chi connectivity index (χ1n) is 4.57. The number of allylic oxidation sites excluding steroid dienone is 2. The van der Waals surface area contributed by atoms with Crippen LogP contribution in [0.1, 0.15) is 6.42 Å². The van der Waals surface area contributed by atoms with E-state index in [2.05, 4.69) is 17.1 Å². The van der Waals surface area contributed by atoms with E-state index in [1.54, 1.807) is 0 Å². The van der Waals surface area contributed by atoms with E-state index in [9.17, 15) is 4.79 Å². The smallest absolute Gasteiger partial charge is 0.309 e. The maximum Gasteiger partial charge on any atom is 0.309 e. The van der Waals surface area contributed by atoms with Crippen molar-refractivity contribution in [3.05, 3.63) is 24.3 Å². The first-order valence-corrected chi connectivity index (χ1v) is 4.57. The molecule has 1 aliphatic carbocycles. The van der Waals surface area contributed by atoms with Gasteiger partial charge >= 0.3 is 5.97 Å². The third-order valence-corrected chi connectivity index (χ3v) is 2.69. The van der Waals surface area contributed by atoms with Crippen molar-refractivity contribution >= 4 is 5.97 Å². The van der Waals surface area contributed by atoms with Gasteiger partial charge in [-0.2, -0.15) is 0 Å². The number of aliphatic carboxylic acids is 1. The number of carboxylic acid groups (broad SMARTS) is 1. The van der Waals surface area contributed by atoms with E-state index >= 15 is 0 Å². The largest absolute Gasteiger partial charge is 0.481 e. The molecule has 1 atom stereocenters. The fraction of sp³-hybridized carbons (Fsp3) is 0.500. The van der Waals surface area contributed by atoms with Gasteiger partial charge in [0.25, 0.3) is 0 Å². The molecule has 0 aromatic rings. The highest BCUT2D eigenvalue weighted by atomic mass is 16.4. The zero-order valence-electron chi connectivity index (χ0n) is 7.39. The average Bonchev–Trinajstić information content (AvgIpc) is 2.02. The van der Waals surface area contributed by atoms with Gasteiger partial charge < -0.3 is 5.11 Å². The topological polar surface area (TPSA) is 40.5 Å². The molecule has 3 heteroatoms. The molecule has 0 bridgehead atoms. The number of carbonyl (C=O) groups is 1. The van der Waals surface area contributed by atoms with Crippen LogP contribution < -0.4 is 0 Å². The summed E-state index contributed by atoms with van der Waals surface area (Å²) in [7, 11) is 0. The maximum absolute atomic E-state index is 10.6. The molecule has 0 spiro atoms. The molecule has 0 unspecified atom stereocenters. The van der Waals surface area contributed by atoms with Gasteiger partial charge in [0.15, 0.2) is 0 Å². The number of hydrogen-bond donors (Lipinski definition) is 1. The lowest BCUT2D eigenvalue weighted by Crippen LogP contribution is -2.54. The monoisotopic (exact) mass is 179 g/mol. The zero-order valence-corrected chi connectivity index (χ0v) is 7.39. The van der Waals surface area contributed by atoms with Crippen LogP contribution in [-0.2, 0) is 4.79 Å². The second-order valence-electron chi connectivity index (χ2n) is 3.61. The van der Waals surface area contributed by atoms with Crippen molar-refractivity contribution in [3.63, 3.8) is 0 Å². The van der Waals surface area contributed by atoms with Gasteiger partial charge in [-0.15, -0.1) is 0 Å². The Morgan fingerprint density at radius 1 is 1.38 bits per heavy atom. The molecule has 0 amide bonds.